The van der Waals surface area contributed by atoms with Crippen LogP contribution in [0.1, 0.15) is 35.7 Å². The highest BCUT2D eigenvalue weighted by Gasteiger charge is 2.25. The summed E-state index contributed by atoms with van der Waals surface area (Å²) in [5, 5.41) is 8.13. The summed E-state index contributed by atoms with van der Waals surface area (Å²) in [6, 6.07) is 13.2. The fourth-order valence-electron chi connectivity index (χ4n) is 3.78. The van der Waals surface area contributed by atoms with Crippen LogP contribution in [0, 0.1) is 5.82 Å². The van der Waals surface area contributed by atoms with Crippen LogP contribution in [0.15, 0.2) is 48.7 Å². The minimum atomic E-state index is -0.247. The molecule has 1 N–H and O–H groups in total. The second-order valence-corrected chi connectivity index (χ2v) is 7.35. The van der Waals surface area contributed by atoms with Gasteiger partial charge in [0.05, 0.1) is 17.9 Å². The van der Waals surface area contributed by atoms with Crippen LogP contribution in [0.4, 0.5) is 4.39 Å². The monoisotopic (exact) mass is 379 g/mol. The van der Waals surface area contributed by atoms with Gasteiger partial charge in [0.15, 0.2) is 0 Å². The molecule has 0 saturated heterocycles. The average molecular weight is 379 g/mol. The number of nitrogens with zero attached hydrogens (tertiary/aromatic N) is 4. The third-order valence-electron chi connectivity index (χ3n) is 5.13. The Morgan fingerprint density at radius 1 is 1.15 bits per heavy atom. The lowest BCUT2D eigenvalue weighted by molar-refractivity contribution is 0.454. The molecule has 1 atom stereocenters. The summed E-state index contributed by atoms with van der Waals surface area (Å²) in [7, 11) is 0. The number of rotatable bonds is 4. The molecule has 0 radical (unpaired) electrons. The van der Waals surface area contributed by atoms with Gasteiger partial charge in [-0.05, 0) is 49.1 Å². The van der Waals surface area contributed by atoms with E-state index in [1.807, 2.05) is 18.3 Å². The van der Waals surface area contributed by atoms with Crippen LogP contribution < -0.4 is 5.32 Å². The van der Waals surface area contributed by atoms with Crippen molar-refractivity contribution in [3.63, 3.8) is 0 Å². The molecule has 5 nitrogen and oxygen atoms in total. The van der Waals surface area contributed by atoms with E-state index in [-0.39, 0.29) is 11.9 Å². The van der Waals surface area contributed by atoms with Gasteiger partial charge in [-0.2, -0.15) is 13.8 Å². The summed E-state index contributed by atoms with van der Waals surface area (Å²) in [5.74, 6) is -0.247. The van der Waals surface area contributed by atoms with Crippen molar-refractivity contribution in [1.82, 2.24) is 23.8 Å². The minimum Gasteiger partial charge on any atom is -0.306 e. The van der Waals surface area contributed by atoms with Crippen LogP contribution in [-0.4, -0.2) is 18.5 Å². The maximum Gasteiger partial charge on any atom is 0.148 e. The topological polar surface area (TPSA) is 55.6 Å². The highest BCUT2D eigenvalue weighted by atomic mass is 32.1. The molecule has 2 heterocycles. The maximum absolute atomic E-state index is 14.2. The van der Waals surface area contributed by atoms with E-state index in [1.165, 1.54) is 28.9 Å². The Morgan fingerprint density at radius 2 is 2.04 bits per heavy atom. The fourth-order valence-corrected chi connectivity index (χ4v) is 4.30. The van der Waals surface area contributed by atoms with Crippen LogP contribution in [0.2, 0.25) is 0 Å². The molecule has 2 aromatic heterocycles. The van der Waals surface area contributed by atoms with Crippen molar-refractivity contribution in [2.75, 3.05) is 0 Å². The van der Waals surface area contributed by atoms with E-state index in [9.17, 15) is 4.39 Å². The van der Waals surface area contributed by atoms with Crippen molar-refractivity contribution in [2.45, 2.75) is 31.8 Å². The summed E-state index contributed by atoms with van der Waals surface area (Å²) in [5.41, 5.74) is 5.85. The fraction of sp³-hybridized carbons (Fsp3) is 0.250. The van der Waals surface area contributed by atoms with Crippen molar-refractivity contribution in [2.24, 2.45) is 0 Å². The van der Waals surface area contributed by atoms with Gasteiger partial charge >= 0.3 is 0 Å². The molecular weight excluding hydrogens is 361 g/mol. The Labute approximate surface area is 160 Å². The number of hydrogen-bond acceptors (Lipinski definition) is 5. The molecule has 0 spiro atoms. The first kappa shape index (κ1) is 16.5. The van der Waals surface area contributed by atoms with E-state index in [0.29, 0.717) is 5.69 Å². The molecule has 1 unspecified atom stereocenters. The second-order valence-electron chi connectivity index (χ2n) is 6.82. The van der Waals surface area contributed by atoms with Crippen molar-refractivity contribution in [3.05, 3.63) is 71.3 Å². The molecule has 27 heavy (non-hydrogen) atoms. The molecule has 1 aliphatic carbocycles. The first-order chi connectivity index (χ1) is 13.3. The largest absolute Gasteiger partial charge is 0.306 e. The number of halogens is 1. The normalized spacial score (nSPS) is 16.6. The van der Waals surface area contributed by atoms with Gasteiger partial charge in [0, 0.05) is 23.8 Å². The summed E-state index contributed by atoms with van der Waals surface area (Å²) < 4.78 is 24.5. The zero-order valence-corrected chi connectivity index (χ0v) is 15.4. The Bertz CT molecular complexity index is 1100. The second kappa shape index (κ2) is 6.83. The summed E-state index contributed by atoms with van der Waals surface area (Å²) in [6.07, 6.45) is 4.90. The van der Waals surface area contributed by atoms with Gasteiger partial charge in [0.25, 0.3) is 0 Å². The Balaban J connectivity index is 1.39. The first-order valence-corrected chi connectivity index (χ1v) is 9.79. The molecule has 2 aromatic carbocycles. The minimum absolute atomic E-state index is 0.221. The van der Waals surface area contributed by atoms with Gasteiger partial charge in [-0.1, -0.05) is 18.2 Å². The zero-order valence-electron chi connectivity index (χ0n) is 14.6. The first-order valence-electron chi connectivity index (χ1n) is 9.06. The predicted octanol–water partition coefficient (Wildman–Crippen LogP) is 4.18. The molecule has 0 aliphatic heterocycles. The number of fused-ring (bicyclic) bond motifs is 2. The van der Waals surface area contributed by atoms with Crippen molar-refractivity contribution >= 4 is 22.8 Å². The van der Waals surface area contributed by atoms with Crippen LogP contribution >= 0.6 is 11.7 Å². The quantitative estimate of drug-likeness (QED) is 0.578. The smallest absolute Gasteiger partial charge is 0.148 e. The van der Waals surface area contributed by atoms with Crippen LogP contribution in [0.5, 0.6) is 0 Å². The third-order valence-corrected chi connectivity index (χ3v) is 5.69. The number of para-hydroxylation sites is 1. The summed E-state index contributed by atoms with van der Waals surface area (Å²) >= 11 is 1.24. The molecule has 0 amide bonds. The van der Waals surface area contributed by atoms with E-state index >= 15 is 0 Å². The number of hydrogen-bond donors (Lipinski definition) is 1. The van der Waals surface area contributed by atoms with Crippen molar-refractivity contribution in [3.8, 4) is 5.69 Å². The number of nitrogens with one attached hydrogen (secondary N) is 1. The lowest BCUT2D eigenvalue weighted by Gasteiger charge is -2.24. The number of benzene rings is 2. The predicted molar refractivity (Wildman–Crippen MR) is 103 cm³/mol. The Hall–Kier alpha value is -2.64. The summed E-state index contributed by atoms with van der Waals surface area (Å²) in [4.78, 5) is 0. The van der Waals surface area contributed by atoms with Crippen molar-refractivity contribution in [1.29, 1.82) is 0 Å². The standard InChI is InChI=1S/C20H18FN5S/c21-15-4-1-2-6-20(15)26-19-7-3-5-16(14(19)12-23-26)22-11-13-8-9-17-18(10-13)25-27-24-17/h1-2,4,6,8-10,12,16,22H,3,5,7,11H2. The Morgan fingerprint density at radius 3 is 2.96 bits per heavy atom. The molecule has 136 valence electrons. The van der Waals surface area contributed by atoms with E-state index in [0.717, 1.165) is 42.5 Å². The van der Waals surface area contributed by atoms with E-state index in [1.54, 1.807) is 16.8 Å². The average Bonchev–Trinajstić information content (AvgIpc) is 3.33. The maximum atomic E-state index is 14.2. The molecule has 5 rings (SSSR count). The molecule has 1 aliphatic rings. The molecule has 4 aromatic rings. The Kier molecular flexibility index (Phi) is 4.18. The van der Waals surface area contributed by atoms with Gasteiger partial charge in [0.2, 0.25) is 0 Å². The van der Waals surface area contributed by atoms with Gasteiger partial charge < -0.3 is 5.32 Å². The highest BCUT2D eigenvalue weighted by Crippen LogP contribution is 2.31. The van der Waals surface area contributed by atoms with E-state index < -0.39 is 0 Å². The number of aromatic nitrogens is 4. The third kappa shape index (κ3) is 3.02. The summed E-state index contributed by atoms with van der Waals surface area (Å²) in [6.45, 7) is 0.752. The van der Waals surface area contributed by atoms with E-state index in [4.69, 9.17) is 0 Å². The molecule has 7 heteroatoms. The van der Waals surface area contributed by atoms with Crippen LogP contribution in [0.3, 0.4) is 0 Å². The van der Waals surface area contributed by atoms with Gasteiger partial charge in [0.1, 0.15) is 22.5 Å². The highest BCUT2D eigenvalue weighted by molar-refractivity contribution is 7.00. The van der Waals surface area contributed by atoms with Gasteiger partial charge in [-0.3, -0.25) is 0 Å². The molecular formula is C20H18FN5S. The molecule has 0 saturated carbocycles. The molecule has 0 fully saturated rings. The lowest BCUT2D eigenvalue weighted by atomic mass is 9.92. The molecule has 0 bridgehead atoms. The van der Waals surface area contributed by atoms with Gasteiger partial charge in [-0.25, -0.2) is 9.07 Å². The zero-order chi connectivity index (χ0) is 18.2. The van der Waals surface area contributed by atoms with Crippen molar-refractivity contribution < 1.29 is 4.39 Å². The van der Waals surface area contributed by atoms with Crippen LogP contribution in [0.25, 0.3) is 16.7 Å². The SMILES string of the molecule is Fc1ccccc1-n1ncc2c1CCCC2NCc1ccc2nsnc2c1. The van der Waals surface area contributed by atoms with Gasteiger partial charge in [-0.15, -0.1) is 0 Å². The van der Waals surface area contributed by atoms with Crippen LogP contribution in [-0.2, 0) is 13.0 Å². The van der Waals surface area contributed by atoms with E-state index in [2.05, 4.69) is 31.3 Å². The lowest BCUT2D eigenvalue weighted by Crippen LogP contribution is -2.25.